The standard InChI is InChI=1S/C9H10N2OS/c1-10-5-9-11-4-8(12-9)7-2-3-13-6-7/h2-4,6,10H,5H2,1H3. The zero-order valence-corrected chi connectivity index (χ0v) is 8.10. The summed E-state index contributed by atoms with van der Waals surface area (Å²) in [6.45, 7) is 0.671. The molecule has 0 atom stereocenters. The van der Waals surface area contributed by atoms with Crippen molar-refractivity contribution in [1.82, 2.24) is 10.3 Å². The molecular formula is C9H10N2OS. The molecule has 0 aliphatic rings. The Hall–Kier alpha value is -1.13. The van der Waals surface area contributed by atoms with Crippen molar-refractivity contribution in [3.05, 3.63) is 28.9 Å². The maximum Gasteiger partial charge on any atom is 0.208 e. The van der Waals surface area contributed by atoms with Crippen LogP contribution < -0.4 is 5.32 Å². The summed E-state index contributed by atoms with van der Waals surface area (Å²) in [7, 11) is 1.87. The summed E-state index contributed by atoms with van der Waals surface area (Å²) in [6, 6.07) is 2.02. The molecule has 2 aromatic rings. The SMILES string of the molecule is CNCc1ncc(-c2ccsc2)o1. The van der Waals surface area contributed by atoms with Gasteiger partial charge < -0.3 is 9.73 Å². The molecule has 0 unspecified atom stereocenters. The molecule has 0 aromatic carbocycles. The predicted octanol–water partition coefficient (Wildman–Crippen LogP) is 2.12. The third-order valence-corrected chi connectivity index (χ3v) is 2.37. The number of thiophene rings is 1. The van der Waals surface area contributed by atoms with Crippen molar-refractivity contribution in [2.24, 2.45) is 0 Å². The molecule has 13 heavy (non-hydrogen) atoms. The van der Waals surface area contributed by atoms with Crippen LogP contribution >= 0.6 is 11.3 Å². The lowest BCUT2D eigenvalue weighted by Crippen LogP contribution is -2.04. The number of rotatable bonds is 3. The van der Waals surface area contributed by atoms with E-state index in [4.69, 9.17) is 4.42 Å². The van der Waals surface area contributed by atoms with Gasteiger partial charge in [0.1, 0.15) is 0 Å². The Morgan fingerprint density at radius 1 is 1.62 bits per heavy atom. The molecule has 0 spiro atoms. The van der Waals surface area contributed by atoms with Gasteiger partial charge in [0.05, 0.1) is 12.7 Å². The van der Waals surface area contributed by atoms with E-state index in [-0.39, 0.29) is 0 Å². The minimum Gasteiger partial charge on any atom is -0.439 e. The van der Waals surface area contributed by atoms with Gasteiger partial charge in [-0.05, 0) is 18.5 Å². The minimum atomic E-state index is 0.671. The van der Waals surface area contributed by atoms with E-state index in [0.717, 1.165) is 17.2 Å². The fourth-order valence-electron chi connectivity index (χ4n) is 1.08. The van der Waals surface area contributed by atoms with Crippen molar-refractivity contribution in [3.8, 4) is 11.3 Å². The number of oxazole rings is 1. The van der Waals surface area contributed by atoms with Crippen molar-refractivity contribution >= 4 is 11.3 Å². The van der Waals surface area contributed by atoms with Gasteiger partial charge in [0.2, 0.25) is 5.89 Å². The Labute approximate surface area is 80.4 Å². The molecule has 3 nitrogen and oxygen atoms in total. The van der Waals surface area contributed by atoms with Gasteiger partial charge in [0.25, 0.3) is 0 Å². The van der Waals surface area contributed by atoms with Crippen LogP contribution in [0.3, 0.4) is 0 Å². The number of aromatic nitrogens is 1. The fourth-order valence-corrected chi connectivity index (χ4v) is 1.73. The number of nitrogens with zero attached hydrogens (tertiary/aromatic N) is 1. The summed E-state index contributed by atoms with van der Waals surface area (Å²) < 4.78 is 5.50. The summed E-state index contributed by atoms with van der Waals surface area (Å²) in [5, 5.41) is 7.06. The normalized spacial score (nSPS) is 10.5. The van der Waals surface area contributed by atoms with E-state index >= 15 is 0 Å². The van der Waals surface area contributed by atoms with Gasteiger partial charge in [0.15, 0.2) is 5.76 Å². The van der Waals surface area contributed by atoms with E-state index in [0.29, 0.717) is 6.54 Å². The highest BCUT2D eigenvalue weighted by Gasteiger charge is 2.04. The van der Waals surface area contributed by atoms with Gasteiger partial charge in [-0.25, -0.2) is 4.98 Å². The lowest BCUT2D eigenvalue weighted by molar-refractivity contribution is 0.491. The van der Waals surface area contributed by atoms with Crippen LogP contribution in [0.1, 0.15) is 5.89 Å². The second-order valence-corrected chi connectivity index (χ2v) is 3.44. The summed E-state index contributed by atoms with van der Waals surface area (Å²) in [6.07, 6.45) is 1.76. The van der Waals surface area contributed by atoms with Crippen LogP contribution in [0.4, 0.5) is 0 Å². The van der Waals surface area contributed by atoms with Crippen molar-refractivity contribution in [2.75, 3.05) is 7.05 Å². The van der Waals surface area contributed by atoms with Crippen LogP contribution in [0.15, 0.2) is 27.4 Å². The monoisotopic (exact) mass is 194 g/mol. The van der Waals surface area contributed by atoms with Gasteiger partial charge in [-0.15, -0.1) is 0 Å². The number of hydrogen-bond acceptors (Lipinski definition) is 4. The maximum atomic E-state index is 5.50. The Balaban J connectivity index is 2.23. The van der Waals surface area contributed by atoms with Crippen molar-refractivity contribution in [1.29, 1.82) is 0 Å². The van der Waals surface area contributed by atoms with E-state index < -0.39 is 0 Å². The summed E-state index contributed by atoms with van der Waals surface area (Å²) in [5.74, 6) is 1.57. The molecule has 1 N–H and O–H groups in total. The van der Waals surface area contributed by atoms with Gasteiger partial charge >= 0.3 is 0 Å². The largest absolute Gasteiger partial charge is 0.439 e. The third-order valence-electron chi connectivity index (χ3n) is 1.69. The van der Waals surface area contributed by atoms with Crippen LogP contribution in [0, 0.1) is 0 Å². The first-order valence-electron chi connectivity index (χ1n) is 4.02. The van der Waals surface area contributed by atoms with Crippen molar-refractivity contribution in [3.63, 3.8) is 0 Å². The van der Waals surface area contributed by atoms with Crippen LogP contribution in [-0.2, 0) is 6.54 Å². The van der Waals surface area contributed by atoms with Gasteiger partial charge in [-0.1, -0.05) is 0 Å². The Bertz CT molecular complexity index is 367. The first kappa shape index (κ1) is 8.47. The van der Waals surface area contributed by atoms with Crippen LogP contribution in [0.2, 0.25) is 0 Å². The summed E-state index contributed by atoms with van der Waals surface area (Å²) >= 11 is 1.65. The highest BCUT2D eigenvalue weighted by Crippen LogP contribution is 2.22. The molecule has 2 rings (SSSR count). The van der Waals surface area contributed by atoms with E-state index in [2.05, 4.69) is 10.3 Å². The summed E-state index contributed by atoms with van der Waals surface area (Å²) in [5.41, 5.74) is 1.10. The number of nitrogens with one attached hydrogen (secondary N) is 1. The predicted molar refractivity (Wildman–Crippen MR) is 52.6 cm³/mol. The zero-order chi connectivity index (χ0) is 9.10. The highest BCUT2D eigenvalue weighted by molar-refractivity contribution is 7.08. The molecule has 0 saturated carbocycles. The molecule has 0 radical (unpaired) electrons. The van der Waals surface area contributed by atoms with E-state index in [1.807, 2.05) is 23.9 Å². The van der Waals surface area contributed by atoms with E-state index in [9.17, 15) is 0 Å². The quantitative estimate of drug-likeness (QED) is 0.813. The highest BCUT2D eigenvalue weighted by atomic mass is 32.1. The summed E-state index contributed by atoms with van der Waals surface area (Å²) in [4.78, 5) is 4.14. The molecule has 68 valence electrons. The average molecular weight is 194 g/mol. The lowest BCUT2D eigenvalue weighted by atomic mass is 10.3. The zero-order valence-electron chi connectivity index (χ0n) is 7.28. The number of hydrogen-bond donors (Lipinski definition) is 1. The molecule has 0 saturated heterocycles. The topological polar surface area (TPSA) is 38.1 Å². The molecule has 0 bridgehead atoms. The third kappa shape index (κ3) is 1.79. The smallest absolute Gasteiger partial charge is 0.208 e. The van der Waals surface area contributed by atoms with Crippen LogP contribution in [-0.4, -0.2) is 12.0 Å². The maximum absolute atomic E-state index is 5.50. The lowest BCUT2D eigenvalue weighted by Gasteiger charge is -1.91. The van der Waals surface area contributed by atoms with Gasteiger partial charge in [-0.3, -0.25) is 0 Å². The van der Waals surface area contributed by atoms with Crippen LogP contribution in [0.25, 0.3) is 11.3 Å². The fraction of sp³-hybridized carbons (Fsp3) is 0.222. The Morgan fingerprint density at radius 3 is 3.23 bits per heavy atom. The molecule has 0 aliphatic carbocycles. The molecule has 0 aliphatic heterocycles. The Kier molecular flexibility index (Phi) is 2.42. The van der Waals surface area contributed by atoms with E-state index in [1.54, 1.807) is 17.5 Å². The second kappa shape index (κ2) is 3.72. The average Bonchev–Trinajstić information content (AvgIpc) is 2.70. The molecular weight excluding hydrogens is 184 g/mol. The molecule has 0 amide bonds. The van der Waals surface area contributed by atoms with Crippen molar-refractivity contribution in [2.45, 2.75) is 6.54 Å². The van der Waals surface area contributed by atoms with E-state index in [1.165, 1.54) is 0 Å². The first-order chi connectivity index (χ1) is 6.40. The second-order valence-electron chi connectivity index (χ2n) is 2.66. The molecule has 4 heteroatoms. The van der Waals surface area contributed by atoms with Crippen LogP contribution in [0.5, 0.6) is 0 Å². The van der Waals surface area contributed by atoms with Crippen molar-refractivity contribution < 1.29 is 4.42 Å². The Morgan fingerprint density at radius 2 is 2.54 bits per heavy atom. The minimum absolute atomic E-state index is 0.671. The van der Waals surface area contributed by atoms with Gasteiger partial charge in [-0.2, -0.15) is 11.3 Å². The molecule has 0 fully saturated rings. The molecule has 2 heterocycles. The molecule has 2 aromatic heterocycles. The van der Waals surface area contributed by atoms with Gasteiger partial charge in [0, 0.05) is 10.9 Å². The first-order valence-corrected chi connectivity index (χ1v) is 4.96.